The fourth-order valence-electron chi connectivity index (χ4n) is 3.21. The van der Waals surface area contributed by atoms with E-state index in [0.29, 0.717) is 0 Å². The molecule has 0 spiro atoms. The Morgan fingerprint density at radius 2 is 1.45 bits per heavy atom. The maximum absolute atomic E-state index is 13.4. The monoisotopic (exact) mass is 391 g/mol. The molecule has 0 unspecified atom stereocenters. The number of ether oxygens (including phenoxy) is 1. The standard InChI is InChI=1S/C25H26FNO2/c1-17(2)29-23-14-8-20(9-15-23)24(19-6-10-21(26)11-7-19)16-25(28)27-22-12-4-18(3)5-13-22/h4-15,17,24H,16H2,1-3H3,(H,27,28)/t24-/m0/s1. The van der Waals surface area contributed by atoms with E-state index in [1.807, 2.05) is 69.3 Å². The number of halogens is 1. The molecule has 0 aliphatic heterocycles. The van der Waals surface area contributed by atoms with Crippen LogP contribution in [0.15, 0.2) is 72.8 Å². The van der Waals surface area contributed by atoms with Gasteiger partial charge in [-0.25, -0.2) is 4.39 Å². The molecule has 0 saturated heterocycles. The Kier molecular flexibility index (Phi) is 6.65. The van der Waals surface area contributed by atoms with E-state index >= 15 is 0 Å². The molecule has 3 rings (SSSR count). The summed E-state index contributed by atoms with van der Waals surface area (Å²) in [5.41, 5.74) is 3.77. The minimum atomic E-state index is -0.294. The summed E-state index contributed by atoms with van der Waals surface area (Å²) in [6.45, 7) is 5.96. The average molecular weight is 391 g/mol. The van der Waals surface area contributed by atoms with Crippen LogP contribution >= 0.6 is 0 Å². The van der Waals surface area contributed by atoms with Crippen molar-refractivity contribution in [2.75, 3.05) is 5.32 Å². The van der Waals surface area contributed by atoms with Crippen LogP contribution in [0.4, 0.5) is 10.1 Å². The van der Waals surface area contributed by atoms with Gasteiger partial charge in [0.1, 0.15) is 11.6 Å². The van der Waals surface area contributed by atoms with Gasteiger partial charge in [-0.05, 0) is 68.3 Å². The highest BCUT2D eigenvalue weighted by atomic mass is 19.1. The fourth-order valence-corrected chi connectivity index (χ4v) is 3.21. The molecule has 4 heteroatoms. The third kappa shape index (κ3) is 5.92. The van der Waals surface area contributed by atoms with E-state index in [-0.39, 0.29) is 30.2 Å². The van der Waals surface area contributed by atoms with Gasteiger partial charge in [0.25, 0.3) is 0 Å². The molecule has 1 atom stereocenters. The Bertz CT molecular complexity index is 932. The number of hydrogen-bond donors (Lipinski definition) is 1. The van der Waals surface area contributed by atoms with Crippen LogP contribution < -0.4 is 10.1 Å². The highest BCUT2D eigenvalue weighted by molar-refractivity contribution is 5.91. The maximum Gasteiger partial charge on any atom is 0.225 e. The van der Waals surface area contributed by atoms with Crippen molar-refractivity contribution in [3.05, 3.63) is 95.3 Å². The molecule has 0 radical (unpaired) electrons. The van der Waals surface area contributed by atoms with E-state index in [1.54, 1.807) is 12.1 Å². The number of nitrogens with one attached hydrogen (secondary N) is 1. The third-order valence-corrected chi connectivity index (χ3v) is 4.65. The van der Waals surface area contributed by atoms with Crippen LogP contribution in [-0.2, 0) is 4.79 Å². The second-order valence-electron chi connectivity index (χ2n) is 7.46. The molecular weight excluding hydrogens is 365 g/mol. The molecule has 0 bridgehead atoms. The second-order valence-corrected chi connectivity index (χ2v) is 7.46. The Morgan fingerprint density at radius 3 is 2.00 bits per heavy atom. The Morgan fingerprint density at radius 1 is 0.897 bits per heavy atom. The lowest BCUT2D eigenvalue weighted by atomic mass is 9.88. The summed E-state index contributed by atoms with van der Waals surface area (Å²) < 4.78 is 19.1. The number of benzene rings is 3. The van der Waals surface area contributed by atoms with Crippen LogP contribution in [0.5, 0.6) is 5.75 Å². The quantitative estimate of drug-likeness (QED) is 0.530. The van der Waals surface area contributed by atoms with Gasteiger partial charge >= 0.3 is 0 Å². The lowest BCUT2D eigenvalue weighted by Gasteiger charge is -2.19. The number of amides is 1. The molecule has 150 valence electrons. The predicted molar refractivity (Wildman–Crippen MR) is 115 cm³/mol. The first-order chi connectivity index (χ1) is 13.9. The number of carbonyl (C=O) groups is 1. The van der Waals surface area contributed by atoms with Crippen LogP contribution in [0, 0.1) is 12.7 Å². The summed E-state index contributed by atoms with van der Waals surface area (Å²) in [6, 6.07) is 21.8. The predicted octanol–water partition coefficient (Wildman–Crippen LogP) is 6.08. The molecule has 3 aromatic rings. The Balaban J connectivity index is 1.82. The largest absolute Gasteiger partial charge is 0.491 e. The molecule has 0 aliphatic rings. The van der Waals surface area contributed by atoms with E-state index in [1.165, 1.54) is 12.1 Å². The van der Waals surface area contributed by atoms with Crippen molar-refractivity contribution in [1.82, 2.24) is 0 Å². The van der Waals surface area contributed by atoms with Gasteiger partial charge in [0.2, 0.25) is 5.91 Å². The van der Waals surface area contributed by atoms with Gasteiger partial charge in [-0.3, -0.25) is 4.79 Å². The van der Waals surface area contributed by atoms with Crippen LogP contribution in [0.2, 0.25) is 0 Å². The van der Waals surface area contributed by atoms with Crippen molar-refractivity contribution in [3.63, 3.8) is 0 Å². The molecule has 0 heterocycles. The zero-order chi connectivity index (χ0) is 20.8. The third-order valence-electron chi connectivity index (χ3n) is 4.65. The van der Waals surface area contributed by atoms with Gasteiger partial charge in [0, 0.05) is 18.0 Å². The highest BCUT2D eigenvalue weighted by Gasteiger charge is 2.19. The Labute approximate surface area is 171 Å². The lowest BCUT2D eigenvalue weighted by Crippen LogP contribution is -2.16. The Hall–Kier alpha value is -3.14. The summed E-state index contributed by atoms with van der Waals surface area (Å²) in [6.07, 6.45) is 0.346. The normalized spacial score (nSPS) is 11.9. The van der Waals surface area contributed by atoms with Crippen molar-refractivity contribution < 1.29 is 13.9 Å². The van der Waals surface area contributed by atoms with E-state index in [4.69, 9.17) is 4.74 Å². The van der Waals surface area contributed by atoms with Gasteiger partial charge in [0.05, 0.1) is 6.10 Å². The molecular formula is C25H26FNO2. The summed E-state index contributed by atoms with van der Waals surface area (Å²) in [5.74, 6) is 0.211. The molecule has 0 aliphatic carbocycles. The van der Waals surface area contributed by atoms with Crippen molar-refractivity contribution in [3.8, 4) is 5.75 Å². The topological polar surface area (TPSA) is 38.3 Å². The molecule has 0 fully saturated rings. The van der Waals surface area contributed by atoms with E-state index in [9.17, 15) is 9.18 Å². The first-order valence-corrected chi connectivity index (χ1v) is 9.79. The number of anilines is 1. The number of aryl methyl sites for hydroxylation is 1. The molecule has 3 nitrogen and oxygen atoms in total. The molecule has 3 aromatic carbocycles. The minimum Gasteiger partial charge on any atom is -0.491 e. The van der Waals surface area contributed by atoms with Crippen molar-refractivity contribution in [2.45, 2.75) is 39.2 Å². The van der Waals surface area contributed by atoms with E-state index < -0.39 is 0 Å². The SMILES string of the molecule is Cc1ccc(NC(=O)C[C@@H](c2ccc(F)cc2)c2ccc(OC(C)C)cc2)cc1. The molecule has 1 N–H and O–H groups in total. The second kappa shape index (κ2) is 9.37. The van der Waals surface area contributed by atoms with Gasteiger partial charge in [-0.2, -0.15) is 0 Å². The highest BCUT2D eigenvalue weighted by Crippen LogP contribution is 2.30. The smallest absolute Gasteiger partial charge is 0.225 e. The molecule has 1 amide bonds. The molecule has 29 heavy (non-hydrogen) atoms. The van der Waals surface area contributed by atoms with Gasteiger partial charge in [-0.15, -0.1) is 0 Å². The number of carbonyl (C=O) groups excluding carboxylic acids is 1. The van der Waals surface area contributed by atoms with Crippen molar-refractivity contribution >= 4 is 11.6 Å². The molecule has 0 aromatic heterocycles. The molecule has 0 saturated carbocycles. The zero-order valence-electron chi connectivity index (χ0n) is 17.0. The summed E-state index contributed by atoms with van der Waals surface area (Å²) in [4.78, 5) is 12.7. The van der Waals surface area contributed by atoms with Crippen LogP contribution in [-0.4, -0.2) is 12.0 Å². The number of rotatable bonds is 7. The van der Waals surface area contributed by atoms with Crippen molar-refractivity contribution in [1.29, 1.82) is 0 Å². The van der Waals surface area contributed by atoms with Gasteiger partial charge in [-0.1, -0.05) is 42.0 Å². The zero-order valence-corrected chi connectivity index (χ0v) is 17.0. The van der Waals surface area contributed by atoms with E-state index in [0.717, 1.165) is 28.1 Å². The van der Waals surface area contributed by atoms with Crippen LogP contribution in [0.3, 0.4) is 0 Å². The summed E-state index contributed by atoms with van der Waals surface area (Å²) in [7, 11) is 0. The van der Waals surface area contributed by atoms with Crippen molar-refractivity contribution in [2.24, 2.45) is 0 Å². The fraction of sp³-hybridized carbons (Fsp3) is 0.240. The average Bonchev–Trinajstić information content (AvgIpc) is 2.69. The van der Waals surface area contributed by atoms with E-state index in [2.05, 4.69) is 5.32 Å². The lowest BCUT2D eigenvalue weighted by molar-refractivity contribution is -0.116. The van der Waals surface area contributed by atoms with Crippen LogP contribution in [0.1, 0.15) is 42.9 Å². The first kappa shape index (κ1) is 20.6. The summed E-state index contributed by atoms with van der Waals surface area (Å²) >= 11 is 0. The maximum atomic E-state index is 13.4. The number of hydrogen-bond acceptors (Lipinski definition) is 2. The summed E-state index contributed by atoms with van der Waals surface area (Å²) in [5, 5.41) is 2.95. The minimum absolute atomic E-state index is 0.0917. The van der Waals surface area contributed by atoms with Crippen LogP contribution in [0.25, 0.3) is 0 Å². The van der Waals surface area contributed by atoms with Gasteiger partial charge in [0.15, 0.2) is 0 Å². The first-order valence-electron chi connectivity index (χ1n) is 9.79. The van der Waals surface area contributed by atoms with Gasteiger partial charge < -0.3 is 10.1 Å².